The van der Waals surface area contributed by atoms with E-state index in [1.165, 1.54) is 347 Å². The maximum atomic E-state index is 13.4. The normalized spacial score (nSPS) is 22.1. The van der Waals surface area contributed by atoms with Crippen LogP contribution in [0.1, 0.15) is 425 Å². The summed E-state index contributed by atoms with van der Waals surface area (Å²) in [4.78, 5) is 13.4. The van der Waals surface area contributed by atoms with Gasteiger partial charge in [-0.3, -0.25) is 4.79 Å². The van der Waals surface area contributed by atoms with E-state index in [1.807, 2.05) is 0 Å². The van der Waals surface area contributed by atoms with Gasteiger partial charge in [0.05, 0.1) is 32.0 Å². The van der Waals surface area contributed by atoms with Crippen LogP contribution in [0.3, 0.4) is 0 Å². The molecule has 0 radical (unpaired) electrons. The van der Waals surface area contributed by atoms with Gasteiger partial charge in [0.15, 0.2) is 12.6 Å². The average Bonchev–Trinajstić information content (AvgIpc) is 0.797. The maximum Gasteiger partial charge on any atom is 0.220 e. The van der Waals surface area contributed by atoms with Gasteiger partial charge in [0, 0.05) is 6.42 Å². The Bertz CT molecular complexity index is 1610. The number of rotatable bonds is 73. The van der Waals surface area contributed by atoms with Gasteiger partial charge in [-0.05, 0) is 12.8 Å². The van der Waals surface area contributed by atoms with Gasteiger partial charge in [0.25, 0.3) is 0 Å². The molecule has 0 aromatic heterocycles. The van der Waals surface area contributed by atoms with E-state index in [1.54, 1.807) is 0 Å². The predicted molar refractivity (Wildman–Crippen MR) is 397 cm³/mol. The number of carbonyl (C=O) groups excluding carboxylic acids is 1. The lowest BCUT2D eigenvalue weighted by atomic mass is 9.97. The molecule has 572 valence electrons. The number of aliphatic hydroxyl groups excluding tert-OH is 8. The Hall–Kier alpha value is -1.01. The van der Waals surface area contributed by atoms with Crippen LogP contribution >= 0.6 is 0 Å². The van der Waals surface area contributed by atoms with Crippen LogP contribution in [-0.4, -0.2) is 140 Å². The van der Waals surface area contributed by atoms with Crippen molar-refractivity contribution in [2.24, 2.45) is 0 Å². The molecule has 12 atom stereocenters. The van der Waals surface area contributed by atoms with Crippen LogP contribution in [-0.2, 0) is 23.7 Å². The monoisotopic (exact) mass is 1370 g/mol. The first-order chi connectivity index (χ1) is 47.1. The van der Waals surface area contributed by atoms with Crippen molar-refractivity contribution < 1.29 is 64.6 Å². The summed E-state index contributed by atoms with van der Waals surface area (Å²) in [5, 5.41) is 87.9. The number of hydrogen-bond acceptors (Lipinski definition) is 13. The highest BCUT2D eigenvalue weighted by atomic mass is 16.7. The van der Waals surface area contributed by atoms with Crippen molar-refractivity contribution in [3.63, 3.8) is 0 Å². The number of ether oxygens (including phenoxy) is 4. The lowest BCUT2D eigenvalue weighted by molar-refractivity contribution is -0.359. The third kappa shape index (κ3) is 49.6. The maximum absolute atomic E-state index is 13.4. The fourth-order valence-corrected chi connectivity index (χ4v) is 14.7. The number of hydrogen-bond donors (Lipinski definition) is 9. The first-order valence-corrected chi connectivity index (χ1v) is 42.3. The molecule has 2 heterocycles. The number of carbonyl (C=O) groups is 1. The summed E-state index contributed by atoms with van der Waals surface area (Å²) in [5.74, 6) is -0.194. The van der Waals surface area contributed by atoms with Crippen LogP contribution < -0.4 is 5.32 Å². The van der Waals surface area contributed by atoms with Crippen LogP contribution in [0.4, 0.5) is 0 Å². The van der Waals surface area contributed by atoms with Gasteiger partial charge in [-0.2, -0.15) is 0 Å². The van der Waals surface area contributed by atoms with Crippen LogP contribution in [0, 0.1) is 0 Å². The number of nitrogens with one attached hydrogen (secondary N) is 1. The van der Waals surface area contributed by atoms with Crippen molar-refractivity contribution in [3.8, 4) is 0 Å². The zero-order chi connectivity index (χ0) is 69.4. The fourth-order valence-electron chi connectivity index (χ4n) is 14.7. The Morgan fingerprint density at radius 2 is 0.594 bits per heavy atom. The summed E-state index contributed by atoms with van der Waals surface area (Å²) in [6.07, 6.45) is 67.4. The second-order valence-corrected chi connectivity index (χ2v) is 30.3. The summed E-state index contributed by atoms with van der Waals surface area (Å²) in [6, 6.07) is -0.826. The molecule has 2 aliphatic heterocycles. The van der Waals surface area contributed by atoms with Crippen molar-refractivity contribution >= 4 is 5.91 Å². The Morgan fingerprint density at radius 3 is 0.885 bits per heavy atom. The summed E-state index contributed by atoms with van der Waals surface area (Å²) in [5.41, 5.74) is 0. The molecule has 0 aromatic rings. The second kappa shape index (κ2) is 67.2. The third-order valence-corrected chi connectivity index (χ3v) is 21.3. The SMILES string of the molecule is CCCCCCCCCCCCCCCCCCCCCCCCCCCCCCCCCCCCCC(=O)NC(COC1OC(CO)C(OC2OC(CO)C(O)C(O)C2O)C(O)C1O)C(O)CCCCCCCCCCCCCCCCCCCCCCCCCCCCC. The van der Waals surface area contributed by atoms with Crippen LogP contribution in [0.2, 0.25) is 0 Å². The van der Waals surface area contributed by atoms with Crippen molar-refractivity contribution in [2.45, 2.75) is 498 Å². The molecule has 0 aromatic carbocycles. The number of amides is 1. The van der Waals surface area contributed by atoms with Crippen molar-refractivity contribution in [1.82, 2.24) is 5.32 Å². The van der Waals surface area contributed by atoms with Crippen molar-refractivity contribution in [3.05, 3.63) is 0 Å². The van der Waals surface area contributed by atoms with E-state index in [0.29, 0.717) is 12.8 Å². The Morgan fingerprint density at radius 1 is 0.333 bits per heavy atom. The molecule has 96 heavy (non-hydrogen) atoms. The van der Waals surface area contributed by atoms with Crippen LogP contribution in [0.25, 0.3) is 0 Å². The molecular formula is C82H161NO13. The average molecular weight is 1370 g/mol. The minimum Gasteiger partial charge on any atom is -0.394 e. The number of aliphatic hydroxyl groups is 8. The molecular weight excluding hydrogens is 1210 g/mol. The highest BCUT2D eigenvalue weighted by molar-refractivity contribution is 5.76. The minimum absolute atomic E-state index is 0.194. The predicted octanol–water partition coefficient (Wildman–Crippen LogP) is 19.5. The van der Waals surface area contributed by atoms with E-state index in [-0.39, 0.29) is 12.5 Å². The summed E-state index contributed by atoms with van der Waals surface area (Å²) in [7, 11) is 0. The minimum atomic E-state index is -1.78. The standard InChI is InChI=1S/C82H161NO13/c1-3-5-7-9-11-13-15-17-19-21-23-25-27-29-31-32-33-34-35-36-37-38-40-42-44-46-48-50-52-54-56-58-60-62-64-66-74(87)83-70(69-93-81-79(92)77(90)80(73(68-85)95-81)96-82-78(91)76(89)75(88)72(67-84)94-82)71(86)65-63-61-59-57-55-53-51-49-47-45-43-41-39-30-28-26-24-22-20-18-16-14-12-10-8-6-4-2/h70-73,75-82,84-86,88-92H,3-69H2,1-2H3,(H,83,87). The van der Waals surface area contributed by atoms with E-state index in [2.05, 4.69) is 19.2 Å². The molecule has 0 aliphatic carbocycles. The molecule has 14 heteroatoms. The van der Waals surface area contributed by atoms with Crippen molar-refractivity contribution in [2.75, 3.05) is 19.8 Å². The van der Waals surface area contributed by atoms with Gasteiger partial charge >= 0.3 is 0 Å². The van der Waals surface area contributed by atoms with Crippen LogP contribution in [0.5, 0.6) is 0 Å². The molecule has 9 N–H and O–H groups in total. The summed E-state index contributed by atoms with van der Waals surface area (Å²) < 4.78 is 23.0. The molecule has 12 unspecified atom stereocenters. The largest absolute Gasteiger partial charge is 0.394 e. The molecule has 0 bridgehead atoms. The van der Waals surface area contributed by atoms with Crippen LogP contribution in [0.15, 0.2) is 0 Å². The third-order valence-electron chi connectivity index (χ3n) is 21.3. The topological polar surface area (TPSA) is 228 Å². The van der Waals surface area contributed by atoms with E-state index in [9.17, 15) is 45.6 Å². The smallest absolute Gasteiger partial charge is 0.220 e. The van der Waals surface area contributed by atoms with Gasteiger partial charge in [0.2, 0.25) is 5.91 Å². The highest BCUT2D eigenvalue weighted by Crippen LogP contribution is 2.31. The first kappa shape index (κ1) is 91.1. The zero-order valence-electron chi connectivity index (χ0n) is 62.9. The Labute approximate surface area is 591 Å². The summed E-state index contributed by atoms with van der Waals surface area (Å²) in [6.45, 7) is 2.95. The molecule has 1 amide bonds. The first-order valence-electron chi connectivity index (χ1n) is 42.3. The molecule has 0 saturated carbocycles. The number of unbranched alkanes of at least 4 members (excludes halogenated alkanes) is 60. The molecule has 2 saturated heterocycles. The molecule has 2 rings (SSSR count). The fraction of sp³-hybridized carbons (Fsp3) is 0.988. The lowest BCUT2D eigenvalue weighted by Gasteiger charge is -2.46. The van der Waals surface area contributed by atoms with E-state index < -0.39 is 86.8 Å². The van der Waals surface area contributed by atoms with Crippen molar-refractivity contribution in [1.29, 1.82) is 0 Å². The Kier molecular flexibility index (Phi) is 63.7. The van der Waals surface area contributed by atoms with E-state index >= 15 is 0 Å². The molecule has 14 nitrogen and oxygen atoms in total. The summed E-state index contributed by atoms with van der Waals surface area (Å²) >= 11 is 0. The van der Waals surface area contributed by atoms with E-state index in [4.69, 9.17) is 18.9 Å². The quantitative estimate of drug-likeness (QED) is 0.0259. The van der Waals surface area contributed by atoms with Gasteiger partial charge in [-0.1, -0.05) is 406 Å². The molecule has 2 aliphatic rings. The van der Waals surface area contributed by atoms with Gasteiger partial charge in [-0.15, -0.1) is 0 Å². The molecule has 2 fully saturated rings. The second-order valence-electron chi connectivity index (χ2n) is 30.3. The highest BCUT2D eigenvalue weighted by Gasteiger charge is 2.51. The van der Waals surface area contributed by atoms with Gasteiger partial charge in [-0.25, -0.2) is 0 Å². The van der Waals surface area contributed by atoms with Gasteiger partial charge in [0.1, 0.15) is 48.8 Å². The Balaban J connectivity index is 1.57. The van der Waals surface area contributed by atoms with Gasteiger partial charge < -0.3 is 65.1 Å². The van der Waals surface area contributed by atoms with E-state index in [0.717, 1.165) is 51.4 Å². The molecule has 0 spiro atoms. The lowest BCUT2D eigenvalue weighted by Crippen LogP contribution is -2.65. The zero-order valence-corrected chi connectivity index (χ0v) is 62.9.